The Kier molecular flexibility index (Phi) is 8.28. The van der Waals surface area contributed by atoms with E-state index >= 15 is 0 Å². The highest BCUT2D eigenvalue weighted by Crippen LogP contribution is 2.34. The number of halogens is 1. The summed E-state index contributed by atoms with van der Waals surface area (Å²) in [6, 6.07) is 8.91. The van der Waals surface area contributed by atoms with Gasteiger partial charge in [-0.1, -0.05) is 18.5 Å². The first kappa shape index (κ1) is 26.1. The fourth-order valence-electron chi connectivity index (χ4n) is 3.59. The number of benzene rings is 1. The Bertz CT molecular complexity index is 1290. The van der Waals surface area contributed by atoms with Crippen LogP contribution >= 0.6 is 21.6 Å². The summed E-state index contributed by atoms with van der Waals surface area (Å²) >= 11 is 6.15. The van der Waals surface area contributed by atoms with Crippen LogP contribution in [0.4, 0.5) is 0 Å². The molecule has 3 rings (SSSR count). The molecule has 7 nitrogen and oxygen atoms in total. The van der Waals surface area contributed by atoms with Gasteiger partial charge in [-0.3, -0.25) is 9.36 Å². The first-order chi connectivity index (χ1) is 16.0. The van der Waals surface area contributed by atoms with Crippen molar-refractivity contribution in [2.45, 2.75) is 27.0 Å². The smallest absolute Gasteiger partial charge is 0.333 e. The van der Waals surface area contributed by atoms with E-state index in [2.05, 4.69) is 23.8 Å². The number of hydrogen-bond acceptors (Lipinski definition) is 5. The van der Waals surface area contributed by atoms with E-state index in [1.165, 1.54) is 9.13 Å². The number of pyridine rings is 1. The Morgan fingerprint density at radius 2 is 1.88 bits per heavy atom. The maximum absolute atomic E-state index is 13.2. The molecule has 0 saturated carbocycles. The summed E-state index contributed by atoms with van der Waals surface area (Å²) in [5.41, 5.74) is 2.10. The molecule has 184 valence electrons. The summed E-state index contributed by atoms with van der Waals surface area (Å²) in [7, 11) is 0.974. The minimum absolute atomic E-state index is 0.0507. The van der Waals surface area contributed by atoms with Gasteiger partial charge in [-0.2, -0.15) is 0 Å². The van der Waals surface area contributed by atoms with Gasteiger partial charge in [-0.15, -0.1) is 0 Å². The third kappa shape index (κ3) is 5.92. The van der Waals surface area contributed by atoms with Crippen LogP contribution in [0.3, 0.4) is 0 Å². The van der Waals surface area contributed by atoms with E-state index in [0.29, 0.717) is 40.9 Å². The molecule has 0 atom stereocenters. The molecule has 34 heavy (non-hydrogen) atoms. The molecule has 3 aromatic rings. The van der Waals surface area contributed by atoms with Crippen LogP contribution in [-0.2, 0) is 24.9 Å². The number of hydrogen-bond donors (Lipinski definition) is 0. The molecule has 9 heteroatoms. The van der Waals surface area contributed by atoms with E-state index in [0.717, 1.165) is 16.9 Å². The molecule has 2 aromatic heterocycles. The van der Waals surface area contributed by atoms with E-state index in [9.17, 15) is 9.59 Å². The van der Waals surface area contributed by atoms with E-state index in [-0.39, 0.29) is 12.3 Å². The fourth-order valence-corrected chi connectivity index (χ4v) is 4.37. The van der Waals surface area contributed by atoms with Crippen LogP contribution in [0.15, 0.2) is 46.1 Å². The normalized spacial score (nSPS) is 12.1. The zero-order valence-corrected chi connectivity index (χ0v) is 22.1. The third-order valence-corrected chi connectivity index (χ3v) is 7.13. The van der Waals surface area contributed by atoms with Crippen molar-refractivity contribution in [2.24, 2.45) is 7.05 Å². The Hall–Kier alpha value is -2.55. The van der Waals surface area contributed by atoms with Crippen molar-refractivity contribution in [3.63, 3.8) is 0 Å². The summed E-state index contributed by atoms with van der Waals surface area (Å²) in [5.74, 6) is 1.79. The lowest BCUT2D eigenvalue weighted by Gasteiger charge is -2.24. The Balaban J connectivity index is 1.96. The molecule has 0 aliphatic rings. The molecule has 0 fully saturated rings. The van der Waals surface area contributed by atoms with Crippen molar-refractivity contribution < 1.29 is 9.47 Å². The second-order valence-corrected chi connectivity index (χ2v) is 14.0. The topological polar surface area (TPSA) is 75.3 Å². The van der Waals surface area contributed by atoms with Crippen molar-refractivity contribution in [3.05, 3.63) is 73.5 Å². The van der Waals surface area contributed by atoms with E-state index < -0.39 is 15.7 Å². The number of rotatable bonds is 9. The maximum atomic E-state index is 13.2. The average molecular weight is 506 g/mol. The van der Waals surface area contributed by atoms with Gasteiger partial charge in [0.2, 0.25) is 5.88 Å². The highest BCUT2D eigenvalue weighted by Gasteiger charge is 2.19. The van der Waals surface area contributed by atoms with Gasteiger partial charge in [-0.05, 0) is 68.0 Å². The van der Waals surface area contributed by atoms with Crippen molar-refractivity contribution in [2.75, 3.05) is 31.1 Å². The van der Waals surface area contributed by atoms with Crippen LogP contribution in [-0.4, -0.2) is 45.2 Å². The lowest BCUT2D eigenvalue weighted by molar-refractivity contribution is 0.0828. The molecule has 0 saturated heterocycles. The zero-order valence-electron chi connectivity index (χ0n) is 20.6. The van der Waals surface area contributed by atoms with E-state index in [4.69, 9.17) is 21.1 Å². The standard InChI is InChI=1S/C25H32ClN3O4S/c1-7-19-22(28(3)25(31)29(24(19)30)16-32-13-14-34(4,5)6)20-11-10-18(15-17(20)2)33-23-21(26)9-8-12-27-23/h8-12,15H,7,13-14,16H2,1-6H3. The van der Waals surface area contributed by atoms with Gasteiger partial charge in [0.05, 0.1) is 12.3 Å². The lowest BCUT2D eigenvalue weighted by atomic mass is 10.00. The van der Waals surface area contributed by atoms with Gasteiger partial charge < -0.3 is 9.47 Å². The first-order valence-electron chi connectivity index (χ1n) is 11.0. The summed E-state index contributed by atoms with van der Waals surface area (Å²) in [6.07, 6.45) is 8.70. The largest absolute Gasteiger partial charge is 0.438 e. The minimum atomic E-state index is -0.711. The van der Waals surface area contributed by atoms with E-state index in [1.54, 1.807) is 31.4 Å². The number of nitrogens with zero attached hydrogens (tertiary/aromatic N) is 3. The first-order valence-corrected chi connectivity index (χ1v) is 14.4. The van der Waals surface area contributed by atoms with Crippen molar-refractivity contribution in [3.8, 4) is 22.9 Å². The fraction of sp³-hybridized carbons (Fsp3) is 0.400. The molecular weight excluding hydrogens is 474 g/mol. The van der Waals surface area contributed by atoms with Crippen LogP contribution in [0.1, 0.15) is 18.1 Å². The maximum Gasteiger partial charge on any atom is 0.333 e. The van der Waals surface area contributed by atoms with Gasteiger partial charge in [0.25, 0.3) is 5.56 Å². The molecule has 0 N–H and O–H groups in total. The number of ether oxygens (including phenoxy) is 2. The molecule has 0 bridgehead atoms. The second kappa shape index (κ2) is 10.8. The Labute approximate surface area is 206 Å². The monoisotopic (exact) mass is 505 g/mol. The Morgan fingerprint density at radius 1 is 1.15 bits per heavy atom. The second-order valence-electron chi connectivity index (χ2n) is 8.96. The lowest BCUT2D eigenvalue weighted by Crippen LogP contribution is -2.42. The van der Waals surface area contributed by atoms with Crippen LogP contribution in [0.5, 0.6) is 11.6 Å². The van der Waals surface area contributed by atoms with Crippen molar-refractivity contribution in [1.29, 1.82) is 0 Å². The molecule has 0 radical (unpaired) electrons. The van der Waals surface area contributed by atoms with Gasteiger partial charge in [-0.25, -0.2) is 24.4 Å². The van der Waals surface area contributed by atoms with Crippen LogP contribution in [0.2, 0.25) is 5.02 Å². The number of aryl methyl sites for hydroxylation is 1. The van der Waals surface area contributed by atoms with Gasteiger partial charge in [0, 0.05) is 30.1 Å². The SMILES string of the molecule is CCc1c(-c2ccc(Oc3ncccc3Cl)cc2C)n(C)c(=O)n(COCCS(C)(C)C)c1=O. The predicted molar refractivity (Wildman–Crippen MR) is 141 cm³/mol. The van der Waals surface area contributed by atoms with Gasteiger partial charge in [0.1, 0.15) is 17.5 Å². The molecule has 2 heterocycles. The summed E-state index contributed by atoms with van der Waals surface area (Å²) < 4.78 is 14.2. The zero-order chi connectivity index (χ0) is 25.0. The molecule has 0 aliphatic heterocycles. The molecule has 0 amide bonds. The quantitative estimate of drug-likeness (QED) is 0.397. The highest BCUT2D eigenvalue weighted by molar-refractivity contribution is 8.32. The predicted octanol–water partition coefficient (Wildman–Crippen LogP) is 4.59. The molecule has 0 spiro atoms. The molecule has 0 unspecified atom stereocenters. The summed E-state index contributed by atoms with van der Waals surface area (Å²) in [6.45, 7) is 4.29. The van der Waals surface area contributed by atoms with Crippen LogP contribution < -0.4 is 16.0 Å². The summed E-state index contributed by atoms with van der Waals surface area (Å²) in [5, 5.41) is 0.412. The van der Waals surface area contributed by atoms with Gasteiger partial charge in [0.15, 0.2) is 0 Å². The molecule has 1 aromatic carbocycles. The van der Waals surface area contributed by atoms with Gasteiger partial charge >= 0.3 is 5.69 Å². The summed E-state index contributed by atoms with van der Waals surface area (Å²) in [4.78, 5) is 30.5. The highest BCUT2D eigenvalue weighted by atomic mass is 35.5. The number of aromatic nitrogens is 3. The van der Waals surface area contributed by atoms with Crippen LogP contribution in [0.25, 0.3) is 11.3 Å². The Morgan fingerprint density at radius 3 is 2.50 bits per heavy atom. The van der Waals surface area contributed by atoms with E-state index in [1.807, 2.05) is 26.0 Å². The minimum Gasteiger partial charge on any atom is -0.438 e. The van der Waals surface area contributed by atoms with Crippen molar-refractivity contribution >= 4 is 21.6 Å². The molecule has 0 aliphatic carbocycles. The third-order valence-electron chi connectivity index (χ3n) is 5.45. The van der Waals surface area contributed by atoms with Crippen molar-refractivity contribution in [1.82, 2.24) is 14.1 Å². The van der Waals surface area contributed by atoms with Crippen LogP contribution in [0, 0.1) is 6.92 Å². The molecular formula is C25H32ClN3O4S. The average Bonchev–Trinajstić information content (AvgIpc) is 2.77.